The Balaban J connectivity index is 2.25. The van der Waals surface area contributed by atoms with Gasteiger partial charge in [-0.15, -0.1) is 4.48 Å². The zero-order valence-electron chi connectivity index (χ0n) is 12.4. The summed E-state index contributed by atoms with van der Waals surface area (Å²) < 4.78 is -0.656. The molecule has 0 saturated heterocycles. The third kappa shape index (κ3) is 2.44. The number of hydrogen-bond acceptors (Lipinski definition) is 3. The Morgan fingerprint density at radius 1 is 1.13 bits per heavy atom. The molecular weight excluding hydrogens is 314 g/mol. The summed E-state index contributed by atoms with van der Waals surface area (Å²) in [5, 5.41) is 0.606. The van der Waals surface area contributed by atoms with E-state index in [1.165, 1.54) is 7.05 Å². The number of quaternary nitrogens is 1. The summed E-state index contributed by atoms with van der Waals surface area (Å²) in [4.78, 5) is 28.7. The fourth-order valence-corrected chi connectivity index (χ4v) is 2.68. The van der Waals surface area contributed by atoms with Gasteiger partial charge in [0.1, 0.15) is 0 Å². The summed E-state index contributed by atoms with van der Waals surface area (Å²) >= 11 is 5.93. The van der Waals surface area contributed by atoms with E-state index in [0.717, 1.165) is 12.1 Å². The number of halogens is 1. The minimum atomic E-state index is -0.758. The molecule has 5 nitrogen and oxygen atoms in total. The number of carbonyl (C=O) groups excluding carboxylic acids is 2. The van der Waals surface area contributed by atoms with E-state index in [0.29, 0.717) is 22.0 Å². The fourth-order valence-electron chi connectivity index (χ4n) is 2.55. The van der Waals surface area contributed by atoms with Crippen LogP contribution in [0.5, 0.6) is 0 Å². The van der Waals surface area contributed by atoms with Gasteiger partial charge in [0.25, 0.3) is 0 Å². The van der Waals surface area contributed by atoms with Crippen LogP contribution in [0.4, 0.5) is 10.5 Å². The summed E-state index contributed by atoms with van der Waals surface area (Å²) in [6.45, 7) is 1.15. The van der Waals surface area contributed by atoms with Gasteiger partial charge in [-0.1, -0.05) is 35.9 Å². The van der Waals surface area contributed by atoms with Crippen LogP contribution in [0.25, 0.3) is 0 Å². The molecule has 0 bridgehead atoms. The minimum absolute atomic E-state index is 0.492. The molecule has 1 aliphatic heterocycles. The average Bonchev–Trinajstić information content (AvgIpc) is 2.66. The number of likely N-dealkylation sites (N-methyl/N-ethyl adjacent to an activating group) is 1. The van der Waals surface area contributed by atoms with Crippen LogP contribution >= 0.6 is 11.6 Å². The lowest BCUT2D eigenvalue weighted by atomic mass is 9.99. The van der Waals surface area contributed by atoms with E-state index in [9.17, 15) is 9.59 Å². The first kappa shape index (κ1) is 15.4. The number of rotatable bonds is 1. The van der Waals surface area contributed by atoms with Crippen LogP contribution in [0.3, 0.4) is 0 Å². The second kappa shape index (κ2) is 5.61. The van der Waals surface area contributed by atoms with Crippen molar-refractivity contribution in [1.29, 1.82) is 0 Å². The van der Waals surface area contributed by atoms with Crippen LogP contribution in [-0.4, -0.2) is 24.7 Å². The van der Waals surface area contributed by atoms with Crippen LogP contribution in [0.1, 0.15) is 11.1 Å². The van der Waals surface area contributed by atoms with Crippen LogP contribution in [0.2, 0.25) is 5.02 Å². The molecule has 1 unspecified atom stereocenters. The average molecular weight is 328 g/mol. The number of aliphatic imine (C=N–C) groups is 1. The van der Waals surface area contributed by atoms with Crippen molar-refractivity contribution in [1.82, 2.24) is 4.48 Å². The van der Waals surface area contributed by atoms with Crippen molar-refractivity contribution in [3.8, 4) is 0 Å². The molecule has 2 aromatic rings. The number of hydrogen-bond donors (Lipinski definition) is 1. The van der Waals surface area contributed by atoms with Crippen molar-refractivity contribution in [3.05, 3.63) is 71.2 Å². The lowest BCUT2D eigenvalue weighted by molar-refractivity contribution is -0.123. The minimum Gasteiger partial charge on any atom is -0.318 e. The molecule has 0 fully saturated rings. The van der Waals surface area contributed by atoms with Crippen molar-refractivity contribution in [2.45, 2.75) is 0 Å². The third-order valence-electron chi connectivity index (χ3n) is 3.94. The Bertz CT molecular complexity index is 830. The summed E-state index contributed by atoms with van der Waals surface area (Å²) in [5.74, 6) is -0.492. The first-order valence-corrected chi connectivity index (χ1v) is 7.30. The molecule has 0 spiro atoms. The second-order valence-corrected chi connectivity index (χ2v) is 5.75. The van der Waals surface area contributed by atoms with Gasteiger partial charge in [0.15, 0.2) is 5.69 Å². The molecule has 6 heteroatoms. The van der Waals surface area contributed by atoms with E-state index < -0.39 is 16.4 Å². The highest BCUT2D eigenvalue weighted by Gasteiger charge is 2.45. The highest BCUT2D eigenvalue weighted by molar-refractivity contribution is 6.31. The number of primary amides is 1. The van der Waals surface area contributed by atoms with E-state index in [-0.39, 0.29) is 0 Å². The summed E-state index contributed by atoms with van der Waals surface area (Å²) in [7, 11) is 1.47. The van der Waals surface area contributed by atoms with E-state index in [1.807, 2.05) is 24.3 Å². The third-order valence-corrected chi connectivity index (χ3v) is 4.20. The zero-order valence-corrected chi connectivity index (χ0v) is 13.1. The van der Waals surface area contributed by atoms with E-state index in [1.54, 1.807) is 24.3 Å². The number of amides is 3. The van der Waals surface area contributed by atoms with E-state index >= 15 is 0 Å². The predicted octanol–water partition coefficient (Wildman–Crippen LogP) is 2.90. The van der Waals surface area contributed by atoms with Gasteiger partial charge < -0.3 is 5.73 Å². The Hall–Kier alpha value is -2.50. The first-order chi connectivity index (χ1) is 10.9. The zero-order chi connectivity index (χ0) is 16.6. The quantitative estimate of drug-likeness (QED) is 0.818. The number of urea groups is 1. The maximum Gasteiger partial charge on any atom is 0.426 e. The number of benzodiazepines with no additional fused rings is 1. The molecule has 2 aromatic carbocycles. The molecular formula is C17H14ClN3O2+. The van der Waals surface area contributed by atoms with Crippen molar-refractivity contribution in [3.63, 3.8) is 0 Å². The number of nitrogens with two attached hydrogens (primary N) is 1. The fraction of sp³-hybridized carbons (Fsp3) is 0.0588. The number of para-hydroxylation sites is 1. The predicted molar refractivity (Wildman–Crippen MR) is 90.1 cm³/mol. The highest BCUT2D eigenvalue weighted by Crippen LogP contribution is 2.32. The Labute approximate surface area is 138 Å². The maximum absolute atomic E-state index is 12.5. The number of carbonyl (C=O) groups is 2. The molecule has 1 heterocycles. The second-order valence-electron chi connectivity index (χ2n) is 5.31. The number of fused-ring (bicyclic) bond motifs is 1. The van der Waals surface area contributed by atoms with Crippen LogP contribution in [0.15, 0.2) is 53.5 Å². The molecule has 1 aliphatic rings. The molecule has 3 amide bonds. The lowest BCUT2D eigenvalue weighted by Gasteiger charge is -2.25. The summed E-state index contributed by atoms with van der Waals surface area (Å²) in [5.41, 5.74) is 8.06. The Morgan fingerprint density at radius 2 is 1.78 bits per heavy atom. The van der Waals surface area contributed by atoms with Crippen LogP contribution in [0, 0.1) is 6.54 Å². The van der Waals surface area contributed by atoms with Crippen molar-refractivity contribution in [2.24, 2.45) is 10.7 Å². The monoisotopic (exact) mass is 327 g/mol. The topological polar surface area (TPSA) is 72.5 Å². The maximum atomic E-state index is 12.5. The summed E-state index contributed by atoms with van der Waals surface area (Å²) in [6.07, 6.45) is 0. The number of benzene rings is 2. The molecule has 23 heavy (non-hydrogen) atoms. The van der Waals surface area contributed by atoms with Crippen molar-refractivity contribution < 1.29 is 9.59 Å². The van der Waals surface area contributed by atoms with Gasteiger partial charge in [0.05, 0.1) is 18.3 Å². The van der Waals surface area contributed by atoms with Gasteiger partial charge >= 0.3 is 11.9 Å². The molecule has 0 saturated carbocycles. The van der Waals surface area contributed by atoms with Gasteiger partial charge in [-0.3, -0.25) is 4.99 Å². The summed E-state index contributed by atoms with van der Waals surface area (Å²) in [6, 6.07) is 13.5. The molecule has 115 valence electrons. The SMILES string of the molecule is C[N+]1(C(N)=O)C(=O)[CH]N=C(c2ccc(Cl)cc2)c2ccccc21. The van der Waals surface area contributed by atoms with Gasteiger partial charge in [-0.2, -0.15) is 0 Å². The van der Waals surface area contributed by atoms with Crippen LogP contribution in [-0.2, 0) is 4.79 Å². The van der Waals surface area contributed by atoms with E-state index in [4.69, 9.17) is 17.3 Å². The standard InChI is InChI=1S/C17H13ClN3O2/c1-21(17(19)23)14-5-3-2-4-13(14)16(20-10-15(21)22)11-6-8-12(18)9-7-11/h2-10H,1H3,(H-,19,23)/p+1. The van der Waals surface area contributed by atoms with Crippen molar-refractivity contribution in [2.75, 3.05) is 7.05 Å². The largest absolute Gasteiger partial charge is 0.426 e. The van der Waals surface area contributed by atoms with Crippen LogP contribution < -0.4 is 10.2 Å². The molecule has 1 atom stereocenters. The molecule has 1 radical (unpaired) electrons. The first-order valence-electron chi connectivity index (χ1n) is 6.92. The lowest BCUT2D eigenvalue weighted by Crippen LogP contribution is -2.58. The molecule has 2 N–H and O–H groups in total. The van der Waals surface area contributed by atoms with Gasteiger partial charge in [-0.25, -0.2) is 9.59 Å². The van der Waals surface area contributed by atoms with E-state index in [2.05, 4.69) is 4.99 Å². The smallest absolute Gasteiger partial charge is 0.318 e. The molecule has 0 aromatic heterocycles. The van der Waals surface area contributed by atoms with Gasteiger partial charge in [0.2, 0.25) is 6.54 Å². The Kier molecular flexibility index (Phi) is 3.75. The number of imide groups is 1. The Morgan fingerprint density at radius 3 is 2.43 bits per heavy atom. The molecule has 0 aliphatic carbocycles. The normalized spacial score (nSPS) is 20.4. The number of nitrogens with zero attached hydrogens (tertiary/aromatic N) is 2. The van der Waals surface area contributed by atoms with Gasteiger partial charge in [-0.05, 0) is 18.2 Å². The van der Waals surface area contributed by atoms with Gasteiger partial charge in [0, 0.05) is 16.7 Å². The highest BCUT2D eigenvalue weighted by atomic mass is 35.5. The van der Waals surface area contributed by atoms with Crippen molar-refractivity contribution >= 4 is 34.9 Å². The molecule has 3 rings (SSSR count).